The van der Waals surface area contributed by atoms with E-state index in [0.717, 1.165) is 5.82 Å². The number of aryl methyl sites for hydroxylation is 1. The van der Waals surface area contributed by atoms with Crippen LogP contribution in [-0.4, -0.2) is 40.8 Å². The van der Waals surface area contributed by atoms with E-state index >= 15 is 0 Å². The molecule has 2 heterocycles. The summed E-state index contributed by atoms with van der Waals surface area (Å²) < 4.78 is 3.46. The summed E-state index contributed by atoms with van der Waals surface area (Å²) >= 11 is 0. The Kier molecular flexibility index (Phi) is 3.88. The fourth-order valence-electron chi connectivity index (χ4n) is 1.73. The third-order valence-electron chi connectivity index (χ3n) is 2.62. The van der Waals surface area contributed by atoms with Crippen molar-refractivity contribution < 1.29 is 9.90 Å². The van der Waals surface area contributed by atoms with E-state index in [1.54, 1.807) is 10.9 Å². The molecule has 19 heavy (non-hydrogen) atoms. The molecule has 0 unspecified atom stereocenters. The summed E-state index contributed by atoms with van der Waals surface area (Å²) in [5.41, 5.74) is 0.665. The van der Waals surface area contributed by atoms with Gasteiger partial charge in [-0.05, 0) is 13.8 Å². The van der Waals surface area contributed by atoms with E-state index in [1.807, 2.05) is 18.5 Å². The number of aromatic nitrogens is 6. The lowest BCUT2D eigenvalue weighted by Crippen LogP contribution is -2.12. The quantitative estimate of drug-likeness (QED) is 0.816. The van der Waals surface area contributed by atoms with Crippen molar-refractivity contribution in [1.29, 1.82) is 0 Å². The Bertz CT molecular complexity index is 559. The van der Waals surface area contributed by atoms with Crippen LogP contribution in [0, 0.1) is 0 Å². The molecule has 0 aliphatic carbocycles. The first-order valence-electron chi connectivity index (χ1n) is 6.05. The van der Waals surface area contributed by atoms with Gasteiger partial charge in [0.15, 0.2) is 0 Å². The highest BCUT2D eigenvalue weighted by Crippen LogP contribution is 2.07. The molecule has 0 aliphatic heterocycles. The summed E-state index contributed by atoms with van der Waals surface area (Å²) in [4.78, 5) is 14.7. The summed E-state index contributed by atoms with van der Waals surface area (Å²) in [5.74, 6) is -0.0428. The molecule has 0 aromatic carbocycles. The lowest BCUT2D eigenvalue weighted by Gasteiger charge is -2.08. The lowest BCUT2D eigenvalue weighted by atomic mass is 10.2. The number of carbonyl (C=O) groups is 1. The molecule has 0 bridgehead atoms. The van der Waals surface area contributed by atoms with Crippen molar-refractivity contribution in [3.05, 3.63) is 24.0 Å². The van der Waals surface area contributed by atoms with Crippen molar-refractivity contribution in [2.75, 3.05) is 0 Å². The Hall–Kier alpha value is -2.25. The van der Waals surface area contributed by atoms with Gasteiger partial charge >= 0.3 is 5.97 Å². The third-order valence-corrected chi connectivity index (χ3v) is 2.62. The third kappa shape index (κ3) is 3.36. The van der Waals surface area contributed by atoms with Crippen LogP contribution < -0.4 is 0 Å². The first-order valence-corrected chi connectivity index (χ1v) is 6.05. The van der Waals surface area contributed by atoms with Gasteiger partial charge in [-0.1, -0.05) is 5.21 Å². The maximum absolute atomic E-state index is 10.5. The minimum atomic E-state index is -0.839. The SMILES string of the molecule is CC(C)n1ncnc1Cn1cc(CCC(=O)O)nn1. The number of hydrogen-bond donors (Lipinski definition) is 1. The lowest BCUT2D eigenvalue weighted by molar-refractivity contribution is -0.136. The predicted octanol–water partition coefficient (Wildman–Crippen LogP) is 0.516. The zero-order valence-corrected chi connectivity index (χ0v) is 10.9. The number of nitrogens with zero attached hydrogens (tertiary/aromatic N) is 6. The first-order chi connectivity index (χ1) is 9.06. The van der Waals surface area contributed by atoms with Crippen LogP contribution in [-0.2, 0) is 17.8 Å². The van der Waals surface area contributed by atoms with Gasteiger partial charge in [0.25, 0.3) is 0 Å². The van der Waals surface area contributed by atoms with E-state index in [4.69, 9.17) is 5.11 Å². The van der Waals surface area contributed by atoms with E-state index in [-0.39, 0.29) is 12.5 Å². The second-order valence-electron chi connectivity index (χ2n) is 4.52. The molecule has 0 amide bonds. The molecule has 2 aromatic heterocycles. The van der Waals surface area contributed by atoms with Crippen molar-refractivity contribution in [1.82, 2.24) is 29.8 Å². The maximum Gasteiger partial charge on any atom is 0.303 e. The molecule has 0 atom stereocenters. The minimum absolute atomic E-state index is 0.0564. The minimum Gasteiger partial charge on any atom is -0.481 e. The Morgan fingerprint density at radius 1 is 1.47 bits per heavy atom. The number of aliphatic carboxylic acids is 1. The molecule has 2 rings (SSSR count). The van der Waals surface area contributed by atoms with Gasteiger partial charge in [-0.15, -0.1) is 5.10 Å². The van der Waals surface area contributed by atoms with Gasteiger partial charge in [-0.3, -0.25) is 4.79 Å². The first kappa shape index (κ1) is 13.2. The summed E-state index contributed by atoms with van der Waals surface area (Å²) in [6.07, 6.45) is 3.69. The number of hydrogen-bond acceptors (Lipinski definition) is 5. The molecule has 0 saturated heterocycles. The molecular weight excluding hydrogens is 248 g/mol. The largest absolute Gasteiger partial charge is 0.481 e. The number of carboxylic acids is 1. The van der Waals surface area contributed by atoms with Crippen molar-refractivity contribution >= 4 is 5.97 Å². The monoisotopic (exact) mass is 264 g/mol. The van der Waals surface area contributed by atoms with E-state index in [1.165, 1.54) is 6.33 Å². The number of rotatable bonds is 6. The van der Waals surface area contributed by atoms with Gasteiger partial charge in [0.1, 0.15) is 18.7 Å². The van der Waals surface area contributed by atoms with E-state index < -0.39 is 5.97 Å². The Labute approximate surface area is 110 Å². The molecular formula is C11H16N6O2. The standard InChI is InChI=1S/C11H16N6O2/c1-8(2)17-10(12-7-13-17)6-16-5-9(14-15-16)3-4-11(18)19/h5,7-8H,3-4,6H2,1-2H3,(H,18,19). The van der Waals surface area contributed by atoms with Crippen LogP contribution in [0.3, 0.4) is 0 Å². The molecule has 0 spiro atoms. The van der Waals surface area contributed by atoms with Crippen LogP contribution in [0.15, 0.2) is 12.5 Å². The zero-order valence-electron chi connectivity index (χ0n) is 10.9. The summed E-state index contributed by atoms with van der Waals surface area (Å²) in [5, 5.41) is 20.7. The van der Waals surface area contributed by atoms with Gasteiger partial charge in [-0.25, -0.2) is 14.3 Å². The maximum atomic E-state index is 10.5. The summed E-state index contributed by atoms with van der Waals surface area (Å²) in [6.45, 7) is 4.52. The number of carboxylic acid groups (broad SMARTS) is 1. The molecule has 0 radical (unpaired) electrons. The van der Waals surface area contributed by atoms with Crippen molar-refractivity contribution in [3.8, 4) is 0 Å². The molecule has 8 nitrogen and oxygen atoms in total. The van der Waals surface area contributed by atoms with Gasteiger partial charge in [0, 0.05) is 18.7 Å². The molecule has 0 aliphatic rings. The van der Waals surface area contributed by atoms with Crippen LogP contribution in [0.1, 0.15) is 37.8 Å². The van der Waals surface area contributed by atoms with Gasteiger partial charge in [0.2, 0.25) is 0 Å². The summed E-state index contributed by atoms with van der Waals surface area (Å²) in [6, 6.07) is 0.229. The molecule has 1 N–H and O–H groups in total. The normalized spacial score (nSPS) is 11.1. The Morgan fingerprint density at radius 3 is 2.95 bits per heavy atom. The van der Waals surface area contributed by atoms with Crippen molar-refractivity contribution in [2.45, 2.75) is 39.3 Å². The Morgan fingerprint density at radius 2 is 2.26 bits per heavy atom. The smallest absolute Gasteiger partial charge is 0.303 e. The van der Waals surface area contributed by atoms with Crippen molar-refractivity contribution in [2.24, 2.45) is 0 Å². The molecule has 102 valence electrons. The topological polar surface area (TPSA) is 98.7 Å². The second-order valence-corrected chi connectivity index (χ2v) is 4.52. The molecule has 8 heteroatoms. The van der Waals surface area contributed by atoms with Crippen LogP contribution in [0.5, 0.6) is 0 Å². The van der Waals surface area contributed by atoms with Crippen LogP contribution >= 0.6 is 0 Å². The average Bonchev–Trinajstić information content (AvgIpc) is 2.96. The van der Waals surface area contributed by atoms with E-state index in [9.17, 15) is 4.79 Å². The average molecular weight is 264 g/mol. The highest BCUT2D eigenvalue weighted by molar-refractivity contribution is 5.66. The molecule has 2 aromatic rings. The van der Waals surface area contributed by atoms with Crippen LogP contribution in [0.25, 0.3) is 0 Å². The fourth-order valence-corrected chi connectivity index (χ4v) is 1.73. The molecule has 0 fully saturated rings. The fraction of sp³-hybridized carbons (Fsp3) is 0.545. The van der Waals surface area contributed by atoms with Crippen LogP contribution in [0.2, 0.25) is 0 Å². The van der Waals surface area contributed by atoms with Crippen LogP contribution in [0.4, 0.5) is 0 Å². The summed E-state index contributed by atoms with van der Waals surface area (Å²) in [7, 11) is 0. The predicted molar refractivity (Wildman–Crippen MR) is 65.5 cm³/mol. The highest BCUT2D eigenvalue weighted by Gasteiger charge is 2.10. The van der Waals surface area contributed by atoms with Gasteiger partial charge < -0.3 is 5.11 Å². The highest BCUT2D eigenvalue weighted by atomic mass is 16.4. The zero-order chi connectivity index (χ0) is 13.8. The molecule has 0 saturated carbocycles. The van der Waals surface area contributed by atoms with Gasteiger partial charge in [-0.2, -0.15) is 5.10 Å². The Balaban J connectivity index is 2.03. The van der Waals surface area contributed by atoms with Gasteiger partial charge in [0.05, 0.1) is 12.1 Å². The van der Waals surface area contributed by atoms with Crippen molar-refractivity contribution in [3.63, 3.8) is 0 Å². The van der Waals surface area contributed by atoms with E-state index in [2.05, 4.69) is 20.4 Å². The second kappa shape index (κ2) is 5.59. The van der Waals surface area contributed by atoms with E-state index in [0.29, 0.717) is 18.7 Å².